The van der Waals surface area contributed by atoms with Gasteiger partial charge in [0.2, 0.25) is 5.91 Å². The SMILES string of the molecule is COc1cc(CCC(=O)Nc2cccc(Cl)c2F)cc(OC)c1. The molecule has 0 saturated carbocycles. The van der Waals surface area contributed by atoms with Gasteiger partial charge in [-0.3, -0.25) is 4.79 Å². The second kappa shape index (κ2) is 7.83. The lowest BCUT2D eigenvalue weighted by atomic mass is 10.1. The molecular weight excluding hydrogens is 321 g/mol. The molecule has 0 spiro atoms. The molecular formula is C17H17ClFNO3. The second-order valence-electron chi connectivity index (χ2n) is 4.87. The lowest BCUT2D eigenvalue weighted by Gasteiger charge is -2.09. The van der Waals surface area contributed by atoms with E-state index in [0.717, 1.165) is 5.56 Å². The first-order valence-corrected chi connectivity index (χ1v) is 7.37. The van der Waals surface area contributed by atoms with Gasteiger partial charge in [-0.15, -0.1) is 0 Å². The van der Waals surface area contributed by atoms with Crippen LogP contribution < -0.4 is 14.8 Å². The minimum Gasteiger partial charge on any atom is -0.497 e. The van der Waals surface area contributed by atoms with Crippen molar-refractivity contribution in [1.29, 1.82) is 0 Å². The number of hydrogen-bond acceptors (Lipinski definition) is 3. The van der Waals surface area contributed by atoms with Crippen molar-refractivity contribution in [3.63, 3.8) is 0 Å². The number of amides is 1. The molecule has 0 aliphatic carbocycles. The molecule has 2 rings (SSSR count). The zero-order valence-corrected chi connectivity index (χ0v) is 13.6. The van der Waals surface area contributed by atoms with Crippen LogP contribution in [-0.2, 0) is 11.2 Å². The molecule has 1 amide bonds. The van der Waals surface area contributed by atoms with Crippen LogP contribution in [0.3, 0.4) is 0 Å². The number of halogens is 2. The van der Waals surface area contributed by atoms with Gasteiger partial charge >= 0.3 is 0 Å². The Morgan fingerprint density at radius 3 is 2.43 bits per heavy atom. The minimum absolute atomic E-state index is 0.0275. The minimum atomic E-state index is -0.634. The van der Waals surface area contributed by atoms with Crippen LogP contribution in [0.5, 0.6) is 11.5 Å². The molecule has 0 heterocycles. The van der Waals surface area contributed by atoms with Crippen LogP contribution >= 0.6 is 11.6 Å². The molecule has 1 N–H and O–H groups in total. The maximum absolute atomic E-state index is 13.7. The molecule has 23 heavy (non-hydrogen) atoms. The normalized spacial score (nSPS) is 10.3. The van der Waals surface area contributed by atoms with Crippen LogP contribution in [0.25, 0.3) is 0 Å². The van der Waals surface area contributed by atoms with Crippen molar-refractivity contribution in [3.8, 4) is 11.5 Å². The number of anilines is 1. The van der Waals surface area contributed by atoms with E-state index in [0.29, 0.717) is 17.9 Å². The first-order valence-electron chi connectivity index (χ1n) is 6.99. The van der Waals surface area contributed by atoms with Gasteiger partial charge in [0.25, 0.3) is 0 Å². The fourth-order valence-corrected chi connectivity index (χ4v) is 2.26. The first kappa shape index (κ1) is 17.1. The van der Waals surface area contributed by atoms with Gasteiger partial charge in [-0.2, -0.15) is 0 Å². The van der Waals surface area contributed by atoms with Crippen molar-refractivity contribution in [2.75, 3.05) is 19.5 Å². The number of nitrogens with one attached hydrogen (secondary N) is 1. The van der Waals surface area contributed by atoms with E-state index in [1.165, 1.54) is 12.1 Å². The third-order valence-electron chi connectivity index (χ3n) is 3.28. The van der Waals surface area contributed by atoms with Crippen molar-refractivity contribution in [2.24, 2.45) is 0 Å². The van der Waals surface area contributed by atoms with Gasteiger partial charge in [0.15, 0.2) is 5.82 Å². The van der Waals surface area contributed by atoms with Crippen LogP contribution in [0, 0.1) is 5.82 Å². The molecule has 0 fully saturated rings. The standard InChI is InChI=1S/C17H17ClFNO3/c1-22-12-8-11(9-13(10-12)23-2)6-7-16(21)20-15-5-3-4-14(18)17(15)19/h3-5,8-10H,6-7H2,1-2H3,(H,20,21). The summed E-state index contributed by atoms with van der Waals surface area (Å²) in [7, 11) is 3.13. The molecule has 4 nitrogen and oxygen atoms in total. The molecule has 0 radical (unpaired) electrons. The number of carbonyl (C=O) groups excluding carboxylic acids is 1. The zero-order chi connectivity index (χ0) is 16.8. The molecule has 0 aliphatic heterocycles. The van der Waals surface area contributed by atoms with E-state index < -0.39 is 5.82 Å². The Morgan fingerprint density at radius 1 is 1.17 bits per heavy atom. The molecule has 0 unspecified atom stereocenters. The lowest BCUT2D eigenvalue weighted by molar-refractivity contribution is -0.116. The molecule has 0 atom stereocenters. The average Bonchev–Trinajstić information content (AvgIpc) is 2.56. The number of hydrogen-bond donors (Lipinski definition) is 1. The molecule has 2 aromatic carbocycles. The number of aryl methyl sites for hydroxylation is 1. The van der Waals surface area contributed by atoms with Crippen molar-refractivity contribution < 1.29 is 18.7 Å². The van der Waals surface area contributed by atoms with Crippen LogP contribution in [0.2, 0.25) is 5.02 Å². The van der Waals surface area contributed by atoms with Gasteiger partial charge in [0.1, 0.15) is 11.5 Å². The summed E-state index contributed by atoms with van der Waals surface area (Å²) in [4.78, 5) is 12.0. The molecule has 0 bridgehead atoms. The predicted octanol–water partition coefficient (Wildman–Crippen LogP) is 4.07. The highest BCUT2D eigenvalue weighted by Crippen LogP contribution is 2.24. The summed E-state index contributed by atoms with van der Waals surface area (Å²) in [5.41, 5.74) is 0.966. The van der Waals surface area contributed by atoms with Crippen LogP contribution in [0.15, 0.2) is 36.4 Å². The van der Waals surface area contributed by atoms with Gasteiger partial charge in [-0.25, -0.2) is 4.39 Å². The summed E-state index contributed by atoms with van der Waals surface area (Å²) in [6.45, 7) is 0. The Bertz CT molecular complexity index is 684. The lowest BCUT2D eigenvalue weighted by Crippen LogP contribution is -2.13. The van der Waals surface area contributed by atoms with Crippen molar-refractivity contribution in [3.05, 3.63) is 52.8 Å². The van der Waals surface area contributed by atoms with Crippen molar-refractivity contribution >= 4 is 23.2 Å². The van der Waals surface area contributed by atoms with Crippen LogP contribution in [-0.4, -0.2) is 20.1 Å². The maximum Gasteiger partial charge on any atom is 0.224 e. The highest BCUT2D eigenvalue weighted by molar-refractivity contribution is 6.31. The topological polar surface area (TPSA) is 47.6 Å². The van der Waals surface area contributed by atoms with Crippen molar-refractivity contribution in [2.45, 2.75) is 12.8 Å². The molecule has 6 heteroatoms. The van der Waals surface area contributed by atoms with Gasteiger partial charge < -0.3 is 14.8 Å². The Labute approximate surface area is 139 Å². The Morgan fingerprint density at radius 2 is 1.83 bits per heavy atom. The van der Waals surface area contributed by atoms with Crippen LogP contribution in [0.1, 0.15) is 12.0 Å². The summed E-state index contributed by atoms with van der Waals surface area (Å²) < 4.78 is 24.1. The quantitative estimate of drug-likeness (QED) is 0.864. The summed E-state index contributed by atoms with van der Waals surface area (Å²) in [6, 6.07) is 9.88. The van der Waals surface area contributed by atoms with E-state index >= 15 is 0 Å². The molecule has 0 saturated heterocycles. The average molecular weight is 338 g/mol. The van der Waals surface area contributed by atoms with Gasteiger partial charge in [0.05, 0.1) is 24.9 Å². The molecule has 0 aromatic heterocycles. The summed E-state index contributed by atoms with van der Waals surface area (Å²) in [5.74, 6) is 0.375. The molecule has 2 aromatic rings. The summed E-state index contributed by atoms with van der Waals surface area (Å²) in [5, 5.41) is 2.49. The number of methoxy groups -OCH3 is 2. The number of carbonyl (C=O) groups is 1. The van der Waals surface area contributed by atoms with Gasteiger partial charge in [-0.05, 0) is 36.2 Å². The van der Waals surface area contributed by atoms with E-state index in [9.17, 15) is 9.18 Å². The third-order valence-corrected chi connectivity index (χ3v) is 3.57. The largest absolute Gasteiger partial charge is 0.497 e. The second-order valence-corrected chi connectivity index (χ2v) is 5.28. The fraction of sp³-hybridized carbons (Fsp3) is 0.235. The molecule has 122 valence electrons. The Hall–Kier alpha value is -2.27. The molecule has 0 aliphatic rings. The maximum atomic E-state index is 13.7. The third kappa shape index (κ3) is 4.60. The van der Waals surface area contributed by atoms with E-state index in [2.05, 4.69) is 5.32 Å². The summed E-state index contributed by atoms with van der Waals surface area (Å²) >= 11 is 5.68. The fourth-order valence-electron chi connectivity index (χ4n) is 2.08. The monoisotopic (exact) mass is 337 g/mol. The van der Waals surface area contributed by atoms with E-state index in [1.54, 1.807) is 26.4 Å². The number of ether oxygens (including phenoxy) is 2. The van der Waals surface area contributed by atoms with E-state index in [4.69, 9.17) is 21.1 Å². The predicted molar refractivity (Wildman–Crippen MR) is 87.9 cm³/mol. The Balaban J connectivity index is 2.00. The number of benzene rings is 2. The van der Waals surface area contributed by atoms with Crippen LogP contribution in [0.4, 0.5) is 10.1 Å². The number of rotatable bonds is 6. The Kier molecular flexibility index (Phi) is 5.82. The van der Waals surface area contributed by atoms with E-state index in [-0.39, 0.29) is 23.0 Å². The highest BCUT2D eigenvalue weighted by Gasteiger charge is 2.10. The smallest absolute Gasteiger partial charge is 0.224 e. The van der Waals surface area contributed by atoms with Crippen molar-refractivity contribution in [1.82, 2.24) is 0 Å². The van der Waals surface area contributed by atoms with E-state index in [1.807, 2.05) is 12.1 Å². The van der Waals surface area contributed by atoms with Gasteiger partial charge in [0, 0.05) is 12.5 Å². The highest BCUT2D eigenvalue weighted by atomic mass is 35.5. The zero-order valence-electron chi connectivity index (χ0n) is 12.9. The first-order chi connectivity index (χ1) is 11.0. The summed E-state index contributed by atoms with van der Waals surface area (Å²) in [6.07, 6.45) is 0.670. The van der Waals surface area contributed by atoms with Gasteiger partial charge in [-0.1, -0.05) is 17.7 Å².